The first kappa shape index (κ1) is 13.7. The van der Waals surface area contributed by atoms with Gasteiger partial charge in [-0.05, 0) is 44.0 Å². The van der Waals surface area contributed by atoms with E-state index in [0.29, 0.717) is 25.4 Å². The van der Waals surface area contributed by atoms with Crippen molar-refractivity contribution in [3.05, 3.63) is 24.3 Å². The fourth-order valence-electron chi connectivity index (χ4n) is 2.04. The van der Waals surface area contributed by atoms with E-state index >= 15 is 0 Å². The van der Waals surface area contributed by atoms with E-state index in [4.69, 9.17) is 15.2 Å². The fraction of sp³-hybridized carbons (Fsp3) is 0.500. The highest BCUT2D eigenvalue weighted by molar-refractivity contribution is 5.84. The number of amides is 1. The van der Waals surface area contributed by atoms with Gasteiger partial charge in [-0.3, -0.25) is 4.79 Å². The average molecular weight is 264 g/mol. The first-order valence-corrected chi connectivity index (χ1v) is 6.51. The molecule has 1 aromatic rings. The molecule has 0 radical (unpaired) electrons. The third-order valence-electron chi connectivity index (χ3n) is 3.24. The molecule has 1 aromatic carbocycles. The Morgan fingerprint density at radius 1 is 1.47 bits per heavy atom. The highest BCUT2D eigenvalue weighted by Crippen LogP contribution is 2.24. The molecule has 104 valence electrons. The largest absolute Gasteiger partial charge is 0.492 e. The Hall–Kier alpha value is -1.75. The summed E-state index contributed by atoms with van der Waals surface area (Å²) in [6.45, 7) is 3.37. The van der Waals surface area contributed by atoms with E-state index in [-0.39, 0.29) is 5.91 Å². The highest BCUT2D eigenvalue weighted by Gasteiger charge is 2.37. The van der Waals surface area contributed by atoms with Crippen LogP contribution in [-0.2, 0) is 9.53 Å². The molecule has 0 bridgehead atoms. The second-order valence-electron chi connectivity index (χ2n) is 4.86. The molecule has 1 amide bonds. The molecule has 5 nitrogen and oxygen atoms in total. The summed E-state index contributed by atoms with van der Waals surface area (Å²) in [6, 6.07) is 7.17. The lowest BCUT2D eigenvalue weighted by atomic mass is 10.0. The number of carbonyl (C=O) groups excluding carboxylic acids is 1. The normalized spacial score (nSPS) is 22.2. The summed E-state index contributed by atoms with van der Waals surface area (Å²) in [5.74, 6) is 0.678. The summed E-state index contributed by atoms with van der Waals surface area (Å²) in [7, 11) is 0. The van der Waals surface area contributed by atoms with Crippen molar-refractivity contribution < 1.29 is 14.3 Å². The van der Waals surface area contributed by atoms with Crippen LogP contribution in [0.4, 0.5) is 5.69 Å². The smallest absolute Gasteiger partial charge is 0.252 e. The zero-order valence-corrected chi connectivity index (χ0v) is 11.1. The second kappa shape index (κ2) is 5.93. The van der Waals surface area contributed by atoms with Crippen molar-refractivity contribution in [3.8, 4) is 5.75 Å². The van der Waals surface area contributed by atoms with Crippen LogP contribution in [0.15, 0.2) is 24.3 Å². The molecule has 2 rings (SSSR count). The van der Waals surface area contributed by atoms with Crippen molar-refractivity contribution in [2.24, 2.45) is 0 Å². The van der Waals surface area contributed by atoms with Gasteiger partial charge >= 0.3 is 0 Å². The number of anilines is 1. The molecule has 3 N–H and O–H groups in total. The van der Waals surface area contributed by atoms with Crippen LogP contribution in [0.5, 0.6) is 5.75 Å². The second-order valence-corrected chi connectivity index (χ2v) is 4.86. The number of rotatable bonds is 5. The lowest BCUT2D eigenvalue weighted by molar-refractivity contribution is -0.139. The van der Waals surface area contributed by atoms with Crippen LogP contribution < -0.4 is 15.8 Å². The number of carbonyl (C=O) groups is 1. The van der Waals surface area contributed by atoms with Crippen molar-refractivity contribution in [1.29, 1.82) is 0 Å². The highest BCUT2D eigenvalue weighted by atomic mass is 16.5. The van der Waals surface area contributed by atoms with Gasteiger partial charge in [0.25, 0.3) is 5.91 Å². The molecule has 1 fully saturated rings. The predicted molar refractivity (Wildman–Crippen MR) is 73.0 cm³/mol. The van der Waals surface area contributed by atoms with E-state index in [1.165, 1.54) is 0 Å². The Kier molecular flexibility index (Phi) is 4.27. The Morgan fingerprint density at radius 2 is 2.21 bits per heavy atom. The Balaban J connectivity index is 1.69. The Bertz CT molecular complexity index is 425. The van der Waals surface area contributed by atoms with Gasteiger partial charge in [-0.25, -0.2) is 0 Å². The molecular weight excluding hydrogens is 244 g/mol. The van der Waals surface area contributed by atoms with Crippen molar-refractivity contribution >= 4 is 11.6 Å². The summed E-state index contributed by atoms with van der Waals surface area (Å²) in [5, 5.41) is 2.83. The molecular formula is C14H20N2O3. The molecule has 1 saturated heterocycles. The van der Waals surface area contributed by atoms with E-state index in [9.17, 15) is 4.79 Å². The van der Waals surface area contributed by atoms with Gasteiger partial charge in [0.1, 0.15) is 18.0 Å². The zero-order chi connectivity index (χ0) is 13.7. The van der Waals surface area contributed by atoms with Crippen LogP contribution in [0.1, 0.15) is 19.8 Å². The minimum Gasteiger partial charge on any atom is -0.492 e. The van der Waals surface area contributed by atoms with Gasteiger partial charge in [0.15, 0.2) is 0 Å². The maximum atomic E-state index is 11.9. The molecule has 1 aliphatic rings. The summed E-state index contributed by atoms with van der Waals surface area (Å²) < 4.78 is 11.0. The van der Waals surface area contributed by atoms with Crippen LogP contribution in [-0.4, -0.2) is 31.3 Å². The molecule has 1 atom stereocenters. The lowest BCUT2D eigenvalue weighted by Crippen LogP contribution is -2.45. The molecule has 5 heteroatoms. The van der Waals surface area contributed by atoms with Crippen LogP contribution in [0.3, 0.4) is 0 Å². The molecule has 0 spiro atoms. The number of hydrogen-bond donors (Lipinski definition) is 2. The van der Waals surface area contributed by atoms with Gasteiger partial charge in [0, 0.05) is 12.3 Å². The zero-order valence-electron chi connectivity index (χ0n) is 11.1. The number of benzene rings is 1. The van der Waals surface area contributed by atoms with Crippen molar-refractivity contribution in [2.45, 2.75) is 25.4 Å². The van der Waals surface area contributed by atoms with Crippen molar-refractivity contribution in [1.82, 2.24) is 5.32 Å². The van der Waals surface area contributed by atoms with E-state index < -0.39 is 5.60 Å². The van der Waals surface area contributed by atoms with Gasteiger partial charge in [-0.2, -0.15) is 0 Å². The molecule has 0 aromatic heterocycles. The average Bonchev–Trinajstić information content (AvgIpc) is 2.85. The third-order valence-corrected chi connectivity index (χ3v) is 3.24. The number of nitrogens with two attached hydrogens (primary N) is 1. The SMILES string of the molecule is CC1(C(=O)NCCOc2ccc(N)cc2)CCCO1. The molecule has 19 heavy (non-hydrogen) atoms. The standard InChI is InChI=1S/C14H20N2O3/c1-14(7-2-9-19-14)13(17)16-8-10-18-12-5-3-11(15)4-6-12/h3-6H,2,7-10,15H2,1H3,(H,16,17). The summed E-state index contributed by atoms with van der Waals surface area (Å²) in [5.41, 5.74) is 5.61. The first-order chi connectivity index (χ1) is 9.10. The van der Waals surface area contributed by atoms with Crippen LogP contribution in [0, 0.1) is 0 Å². The van der Waals surface area contributed by atoms with E-state index in [2.05, 4.69) is 5.32 Å². The Labute approximate surface area is 113 Å². The van der Waals surface area contributed by atoms with Crippen molar-refractivity contribution in [2.75, 3.05) is 25.5 Å². The van der Waals surface area contributed by atoms with Gasteiger partial charge in [0.05, 0.1) is 6.54 Å². The predicted octanol–water partition coefficient (Wildman–Crippen LogP) is 1.33. The van der Waals surface area contributed by atoms with Gasteiger partial charge in [-0.1, -0.05) is 0 Å². The maximum Gasteiger partial charge on any atom is 0.252 e. The van der Waals surface area contributed by atoms with Crippen LogP contribution >= 0.6 is 0 Å². The van der Waals surface area contributed by atoms with E-state index in [1.807, 2.05) is 6.92 Å². The number of ether oxygens (including phenoxy) is 2. The number of nitrogen functional groups attached to an aromatic ring is 1. The van der Waals surface area contributed by atoms with Gasteiger partial charge < -0.3 is 20.5 Å². The lowest BCUT2D eigenvalue weighted by Gasteiger charge is -2.21. The molecule has 1 heterocycles. The number of hydrogen-bond acceptors (Lipinski definition) is 4. The summed E-state index contributed by atoms with van der Waals surface area (Å²) in [4.78, 5) is 11.9. The quantitative estimate of drug-likeness (QED) is 0.621. The van der Waals surface area contributed by atoms with E-state index in [0.717, 1.165) is 18.6 Å². The summed E-state index contributed by atoms with van der Waals surface area (Å²) in [6.07, 6.45) is 1.71. The summed E-state index contributed by atoms with van der Waals surface area (Å²) >= 11 is 0. The minimum absolute atomic E-state index is 0.0640. The van der Waals surface area contributed by atoms with Gasteiger partial charge in [0.2, 0.25) is 0 Å². The fourth-order valence-corrected chi connectivity index (χ4v) is 2.04. The Morgan fingerprint density at radius 3 is 2.84 bits per heavy atom. The third kappa shape index (κ3) is 3.61. The topological polar surface area (TPSA) is 73.6 Å². The first-order valence-electron chi connectivity index (χ1n) is 6.51. The van der Waals surface area contributed by atoms with Crippen LogP contribution in [0.25, 0.3) is 0 Å². The van der Waals surface area contributed by atoms with E-state index in [1.54, 1.807) is 24.3 Å². The van der Waals surface area contributed by atoms with Crippen molar-refractivity contribution in [3.63, 3.8) is 0 Å². The molecule has 1 aliphatic heterocycles. The number of nitrogens with one attached hydrogen (secondary N) is 1. The maximum absolute atomic E-state index is 11.9. The molecule has 0 saturated carbocycles. The molecule has 0 aliphatic carbocycles. The molecule has 1 unspecified atom stereocenters. The van der Waals surface area contributed by atoms with Gasteiger partial charge in [-0.15, -0.1) is 0 Å². The minimum atomic E-state index is -0.665. The van der Waals surface area contributed by atoms with Crippen LogP contribution in [0.2, 0.25) is 0 Å². The monoisotopic (exact) mass is 264 g/mol.